The average molecular weight is 320 g/mol. The zero-order chi connectivity index (χ0) is 15.7. The Morgan fingerprint density at radius 3 is 2.77 bits per heavy atom. The van der Waals surface area contributed by atoms with Crippen molar-refractivity contribution in [2.75, 3.05) is 12.4 Å². The molecule has 0 saturated carbocycles. The highest BCUT2D eigenvalue weighted by Crippen LogP contribution is 2.29. The minimum Gasteiger partial charge on any atom is -0.497 e. The number of nitrogens with one attached hydrogen (secondary N) is 1. The lowest BCUT2D eigenvalue weighted by atomic mass is 10.2. The van der Waals surface area contributed by atoms with E-state index in [4.69, 9.17) is 4.74 Å². The molecule has 112 valence electrons. The monoisotopic (exact) mass is 320 g/mol. The number of methoxy groups -OCH3 is 1. The van der Waals surface area contributed by atoms with Crippen LogP contribution in [0.1, 0.15) is 10.4 Å². The zero-order valence-electron chi connectivity index (χ0n) is 11.4. The van der Waals surface area contributed by atoms with Crippen molar-refractivity contribution in [2.45, 2.75) is 0 Å². The first-order valence-corrected chi connectivity index (χ1v) is 7.09. The Morgan fingerprint density at radius 1 is 1.23 bits per heavy atom. The summed E-state index contributed by atoms with van der Waals surface area (Å²) in [6, 6.07) is 8.10. The summed E-state index contributed by atoms with van der Waals surface area (Å²) in [7, 11) is 1.56. The molecule has 0 fully saturated rings. The van der Waals surface area contributed by atoms with Crippen molar-refractivity contribution in [2.24, 2.45) is 0 Å². The van der Waals surface area contributed by atoms with Crippen LogP contribution in [-0.4, -0.2) is 18.0 Å². The first-order chi connectivity index (χ1) is 10.6. The zero-order valence-corrected chi connectivity index (χ0v) is 12.2. The predicted molar refractivity (Wildman–Crippen MR) is 80.5 cm³/mol. The number of nitrogens with zero attached hydrogens (tertiary/aromatic N) is 1. The van der Waals surface area contributed by atoms with E-state index in [1.807, 2.05) is 0 Å². The highest BCUT2D eigenvalue weighted by Gasteiger charge is 2.14. The molecule has 0 bridgehead atoms. The Morgan fingerprint density at radius 2 is 2.05 bits per heavy atom. The molecule has 4 nitrogen and oxygen atoms in total. The first-order valence-electron chi connectivity index (χ1n) is 6.28. The first kappa shape index (κ1) is 14.4. The number of amides is 1. The van der Waals surface area contributed by atoms with Crippen LogP contribution in [0.4, 0.5) is 13.9 Å². The quantitative estimate of drug-likeness (QED) is 0.798. The number of rotatable bonds is 3. The van der Waals surface area contributed by atoms with E-state index < -0.39 is 17.5 Å². The summed E-state index contributed by atoms with van der Waals surface area (Å²) >= 11 is 1.24. The summed E-state index contributed by atoms with van der Waals surface area (Å²) in [4.78, 5) is 16.2. The van der Waals surface area contributed by atoms with Gasteiger partial charge in [-0.2, -0.15) is 0 Å². The Hall–Kier alpha value is -2.54. The van der Waals surface area contributed by atoms with Gasteiger partial charge in [0.05, 0.1) is 22.9 Å². The standard InChI is InChI=1S/C15H10F2N2O2S/c1-21-9-3-5-12-13(7-9)22-15(18-12)19-14(20)10-4-2-8(16)6-11(10)17/h2-7H,1H3,(H,18,19,20). The second kappa shape index (κ2) is 5.69. The molecule has 2 aromatic carbocycles. The highest BCUT2D eigenvalue weighted by molar-refractivity contribution is 7.22. The van der Waals surface area contributed by atoms with Gasteiger partial charge in [-0.25, -0.2) is 13.8 Å². The predicted octanol–water partition coefficient (Wildman–Crippen LogP) is 3.84. The number of aromatic nitrogens is 1. The maximum atomic E-state index is 13.6. The van der Waals surface area contributed by atoms with Gasteiger partial charge in [0.1, 0.15) is 17.4 Å². The number of thiazole rings is 1. The fourth-order valence-corrected chi connectivity index (χ4v) is 2.81. The second-order valence-corrected chi connectivity index (χ2v) is 5.46. The molecule has 1 amide bonds. The Labute approximate surface area is 128 Å². The molecule has 22 heavy (non-hydrogen) atoms. The van der Waals surface area contributed by atoms with Crippen LogP contribution in [0.15, 0.2) is 36.4 Å². The number of ether oxygens (including phenoxy) is 1. The molecule has 3 aromatic rings. The van der Waals surface area contributed by atoms with Crippen LogP contribution in [0.5, 0.6) is 5.75 Å². The SMILES string of the molecule is COc1ccc2nc(NC(=O)c3ccc(F)cc3F)sc2c1. The lowest BCUT2D eigenvalue weighted by molar-refractivity contribution is 0.102. The maximum Gasteiger partial charge on any atom is 0.260 e. The molecule has 0 spiro atoms. The van der Waals surface area contributed by atoms with Gasteiger partial charge in [0, 0.05) is 6.07 Å². The number of hydrogen-bond donors (Lipinski definition) is 1. The van der Waals surface area contributed by atoms with Crippen LogP contribution in [0.3, 0.4) is 0 Å². The van der Waals surface area contributed by atoms with Gasteiger partial charge in [0.2, 0.25) is 0 Å². The van der Waals surface area contributed by atoms with E-state index in [1.165, 1.54) is 11.3 Å². The normalized spacial score (nSPS) is 10.7. The molecule has 1 N–H and O–H groups in total. The van der Waals surface area contributed by atoms with Crippen molar-refractivity contribution in [3.05, 3.63) is 53.6 Å². The Bertz CT molecular complexity index is 864. The topological polar surface area (TPSA) is 51.2 Å². The highest BCUT2D eigenvalue weighted by atomic mass is 32.1. The van der Waals surface area contributed by atoms with Gasteiger partial charge >= 0.3 is 0 Å². The van der Waals surface area contributed by atoms with Crippen LogP contribution in [0, 0.1) is 11.6 Å². The molecule has 0 radical (unpaired) electrons. The smallest absolute Gasteiger partial charge is 0.260 e. The van der Waals surface area contributed by atoms with Crippen LogP contribution in [0.2, 0.25) is 0 Å². The van der Waals surface area contributed by atoms with Gasteiger partial charge < -0.3 is 4.74 Å². The lowest BCUT2D eigenvalue weighted by Crippen LogP contribution is -2.13. The van der Waals surface area contributed by atoms with E-state index >= 15 is 0 Å². The number of benzene rings is 2. The number of halogens is 2. The summed E-state index contributed by atoms with van der Waals surface area (Å²) in [6.45, 7) is 0. The fourth-order valence-electron chi connectivity index (χ4n) is 1.92. The van der Waals surface area contributed by atoms with Crippen molar-refractivity contribution in [3.8, 4) is 5.75 Å². The van der Waals surface area contributed by atoms with Crippen molar-refractivity contribution >= 4 is 32.6 Å². The van der Waals surface area contributed by atoms with E-state index in [-0.39, 0.29) is 5.56 Å². The molecular weight excluding hydrogens is 310 g/mol. The summed E-state index contributed by atoms with van der Waals surface area (Å²) in [5.74, 6) is -1.65. The van der Waals surface area contributed by atoms with Crippen molar-refractivity contribution in [1.29, 1.82) is 0 Å². The third-order valence-electron chi connectivity index (χ3n) is 2.99. The fraction of sp³-hybridized carbons (Fsp3) is 0.0667. The van der Waals surface area contributed by atoms with Crippen LogP contribution in [0.25, 0.3) is 10.2 Å². The van der Waals surface area contributed by atoms with Gasteiger partial charge in [-0.05, 0) is 30.3 Å². The van der Waals surface area contributed by atoms with Crippen molar-refractivity contribution in [3.63, 3.8) is 0 Å². The third-order valence-corrected chi connectivity index (χ3v) is 3.93. The van der Waals surface area contributed by atoms with Gasteiger partial charge in [0.15, 0.2) is 5.13 Å². The third kappa shape index (κ3) is 2.75. The number of hydrogen-bond acceptors (Lipinski definition) is 4. The largest absolute Gasteiger partial charge is 0.497 e. The molecule has 1 heterocycles. The summed E-state index contributed by atoms with van der Waals surface area (Å²) in [5.41, 5.74) is 0.457. The van der Waals surface area contributed by atoms with E-state index in [9.17, 15) is 13.6 Å². The van der Waals surface area contributed by atoms with Gasteiger partial charge in [0.25, 0.3) is 5.91 Å². The Balaban J connectivity index is 1.87. The number of carbonyl (C=O) groups is 1. The van der Waals surface area contributed by atoms with Crippen molar-refractivity contribution in [1.82, 2.24) is 4.98 Å². The number of carbonyl (C=O) groups excluding carboxylic acids is 1. The molecular formula is C15H10F2N2O2S. The minimum atomic E-state index is -0.916. The van der Waals surface area contributed by atoms with Crippen LogP contribution >= 0.6 is 11.3 Å². The molecule has 1 aromatic heterocycles. The molecule has 3 rings (SSSR count). The van der Waals surface area contributed by atoms with Gasteiger partial charge in [-0.15, -0.1) is 0 Å². The Kier molecular flexibility index (Phi) is 3.72. The van der Waals surface area contributed by atoms with Gasteiger partial charge in [-0.3, -0.25) is 10.1 Å². The minimum absolute atomic E-state index is 0.238. The average Bonchev–Trinajstić information content (AvgIpc) is 2.87. The summed E-state index contributed by atoms with van der Waals surface area (Å²) in [6.07, 6.45) is 0. The van der Waals surface area contributed by atoms with Gasteiger partial charge in [-0.1, -0.05) is 11.3 Å². The molecule has 0 atom stereocenters. The van der Waals surface area contributed by atoms with E-state index in [1.54, 1.807) is 25.3 Å². The number of fused-ring (bicyclic) bond motifs is 1. The van der Waals surface area contributed by atoms with Crippen LogP contribution < -0.4 is 10.1 Å². The number of anilines is 1. The second-order valence-electron chi connectivity index (χ2n) is 4.43. The van der Waals surface area contributed by atoms with E-state index in [2.05, 4.69) is 10.3 Å². The molecule has 0 aliphatic rings. The van der Waals surface area contributed by atoms with Crippen molar-refractivity contribution < 1.29 is 18.3 Å². The molecule has 0 unspecified atom stereocenters. The molecule has 7 heteroatoms. The summed E-state index contributed by atoms with van der Waals surface area (Å²) in [5, 5.41) is 2.84. The molecule has 0 aliphatic heterocycles. The molecule has 0 aliphatic carbocycles. The van der Waals surface area contributed by atoms with E-state index in [0.29, 0.717) is 22.5 Å². The maximum absolute atomic E-state index is 13.6. The summed E-state index contributed by atoms with van der Waals surface area (Å²) < 4.78 is 32.4. The van der Waals surface area contributed by atoms with E-state index in [0.717, 1.165) is 16.8 Å². The lowest BCUT2D eigenvalue weighted by Gasteiger charge is -2.02. The van der Waals surface area contributed by atoms with Crippen LogP contribution in [-0.2, 0) is 0 Å². The molecule has 0 saturated heterocycles.